The Labute approximate surface area is 158 Å². The van der Waals surface area contributed by atoms with Crippen LogP contribution in [0.5, 0.6) is 0 Å². The fourth-order valence-corrected chi connectivity index (χ4v) is 2.91. The molecule has 2 aromatic rings. The molecule has 2 N–H and O–H groups in total. The van der Waals surface area contributed by atoms with Crippen LogP contribution in [-0.4, -0.2) is 48.8 Å². The second kappa shape index (κ2) is 8.55. The highest BCUT2D eigenvalue weighted by molar-refractivity contribution is 5.94. The quantitative estimate of drug-likeness (QED) is 0.604. The molecule has 0 radical (unpaired) electrons. The van der Waals surface area contributed by atoms with E-state index in [4.69, 9.17) is 4.74 Å². The van der Waals surface area contributed by atoms with E-state index in [1.807, 2.05) is 50.6 Å². The minimum atomic E-state index is -0.448. The largest absolute Gasteiger partial charge is 0.441 e. The number of fused-ring (bicyclic) bond motifs is 1. The number of likely N-dealkylation sites (N-methyl/N-ethyl adjacent to an activating group) is 1. The van der Waals surface area contributed by atoms with Gasteiger partial charge in [-0.25, -0.2) is 9.59 Å². The summed E-state index contributed by atoms with van der Waals surface area (Å²) < 4.78 is 6.71. The molecule has 0 unspecified atom stereocenters. The van der Waals surface area contributed by atoms with Crippen molar-refractivity contribution >= 4 is 22.9 Å². The second-order valence-corrected chi connectivity index (χ2v) is 6.60. The maximum atomic E-state index is 12.6. The molecule has 27 heavy (non-hydrogen) atoms. The first-order chi connectivity index (χ1) is 13.1. The Bertz CT molecular complexity index is 896. The third kappa shape index (κ3) is 4.57. The standard InChI is InChI=1S/C20H24N4O3/c1-23(2)11-9-16-13-24(18-8-4-3-7-17(16)18)20(26)22-14-27-19(25)15-6-5-10-21-12-15/h3-5,7-8,10,12-13,21H,6,9,11,14H2,1-2H3,(H,22,26). The molecule has 1 aromatic carbocycles. The summed E-state index contributed by atoms with van der Waals surface area (Å²) in [5.74, 6) is -0.448. The van der Waals surface area contributed by atoms with E-state index in [-0.39, 0.29) is 12.8 Å². The van der Waals surface area contributed by atoms with Crippen LogP contribution >= 0.6 is 0 Å². The number of esters is 1. The van der Waals surface area contributed by atoms with Crippen LogP contribution in [0.2, 0.25) is 0 Å². The Kier molecular flexibility index (Phi) is 5.93. The lowest BCUT2D eigenvalue weighted by atomic mass is 10.1. The van der Waals surface area contributed by atoms with E-state index in [0.29, 0.717) is 12.0 Å². The fourth-order valence-electron chi connectivity index (χ4n) is 2.91. The zero-order valence-corrected chi connectivity index (χ0v) is 15.6. The van der Waals surface area contributed by atoms with E-state index < -0.39 is 5.97 Å². The number of amides is 1. The Morgan fingerprint density at radius 3 is 2.85 bits per heavy atom. The van der Waals surface area contributed by atoms with Gasteiger partial charge in [0.2, 0.25) is 0 Å². The molecule has 0 saturated carbocycles. The zero-order chi connectivity index (χ0) is 19.2. The molecule has 1 amide bonds. The summed E-state index contributed by atoms with van der Waals surface area (Å²) in [7, 11) is 4.04. The van der Waals surface area contributed by atoms with Crippen molar-refractivity contribution in [1.82, 2.24) is 20.1 Å². The van der Waals surface area contributed by atoms with Gasteiger partial charge in [0.15, 0.2) is 6.73 Å². The molecule has 0 spiro atoms. The highest BCUT2D eigenvalue weighted by atomic mass is 16.5. The SMILES string of the molecule is CN(C)CCc1cn(C(=O)NCOC(=O)C2=CNC=CC2)c2ccccc12. The van der Waals surface area contributed by atoms with Gasteiger partial charge in [0.1, 0.15) is 0 Å². The molecule has 1 aromatic heterocycles. The van der Waals surface area contributed by atoms with Gasteiger partial charge in [-0.05, 0) is 38.3 Å². The van der Waals surface area contributed by atoms with Gasteiger partial charge in [-0.3, -0.25) is 4.57 Å². The normalized spacial score (nSPS) is 13.4. The van der Waals surface area contributed by atoms with Gasteiger partial charge < -0.3 is 20.3 Å². The van der Waals surface area contributed by atoms with Crippen LogP contribution in [0.3, 0.4) is 0 Å². The van der Waals surface area contributed by atoms with E-state index in [1.54, 1.807) is 17.0 Å². The summed E-state index contributed by atoms with van der Waals surface area (Å²) in [6, 6.07) is 7.46. The van der Waals surface area contributed by atoms with Crippen molar-refractivity contribution in [3.8, 4) is 0 Å². The Morgan fingerprint density at radius 1 is 1.30 bits per heavy atom. The number of carbonyl (C=O) groups is 2. The molecule has 0 saturated heterocycles. The Balaban J connectivity index is 1.65. The fraction of sp³-hybridized carbons (Fsp3) is 0.300. The van der Waals surface area contributed by atoms with Crippen LogP contribution in [0, 0.1) is 0 Å². The molecule has 1 aliphatic rings. The predicted molar refractivity (Wildman–Crippen MR) is 104 cm³/mol. The lowest BCUT2D eigenvalue weighted by Gasteiger charge is -2.11. The van der Waals surface area contributed by atoms with Gasteiger partial charge in [0, 0.05) is 30.7 Å². The number of carbonyl (C=O) groups excluding carboxylic acids is 2. The first-order valence-corrected chi connectivity index (χ1v) is 8.85. The summed E-state index contributed by atoms with van der Waals surface area (Å²) >= 11 is 0. The average molecular weight is 368 g/mol. The third-order valence-corrected chi connectivity index (χ3v) is 4.34. The third-order valence-electron chi connectivity index (χ3n) is 4.34. The number of benzene rings is 1. The second-order valence-electron chi connectivity index (χ2n) is 6.60. The highest BCUT2D eigenvalue weighted by Gasteiger charge is 2.15. The van der Waals surface area contributed by atoms with Crippen molar-refractivity contribution in [3.05, 3.63) is 60.1 Å². The maximum Gasteiger partial charge on any atom is 0.337 e. The minimum absolute atomic E-state index is 0.182. The molecule has 3 rings (SSSR count). The number of para-hydroxylation sites is 1. The van der Waals surface area contributed by atoms with Crippen LogP contribution < -0.4 is 10.6 Å². The molecule has 0 atom stereocenters. The van der Waals surface area contributed by atoms with Crippen molar-refractivity contribution < 1.29 is 14.3 Å². The molecule has 7 nitrogen and oxygen atoms in total. The number of ether oxygens (including phenoxy) is 1. The highest BCUT2D eigenvalue weighted by Crippen LogP contribution is 2.21. The predicted octanol–water partition coefficient (Wildman–Crippen LogP) is 2.19. The lowest BCUT2D eigenvalue weighted by Crippen LogP contribution is -2.31. The van der Waals surface area contributed by atoms with Crippen molar-refractivity contribution in [2.24, 2.45) is 0 Å². The lowest BCUT2D eigenvalue weighted by molar-refractivity contribution is -0.139. The molecular weight excluding hydrogens is 344 g/mol. The molecule has 7 heteroatoms. The first kappa shape index (κ1) is 18.7. The van der Waals surface area contributed by atoms with E-state index in [2.05, 4.69) is 15.5 Å². The number of nitrogens with zero attached hydrogens (tertiary/aromatic N) is 2. The average Bonchev–Trinajstić information content (AvgIpc) is 3.06. The Hall–Kier alpha value is -3.06. The van der Waals surface area contributed by atoms with E-state index in [9.17, 15) is 9.59 Å². The Morgan fingerprint density at radius 2 is 2.11 bits per heavy atom. The van der Waals surface area contributed by atoms with E-state index in [0.717, 1.165) is 29.4 Å². The monoisotopic (exact) mass is 368 g/mol. The summed E-state index contributed by atoms with van der Waals surface area (Å²) in [6.45, 7) is 0.711. The molecular formula is C20H24N4O3. The summed E-state index contributed by atoms with van der Waals surface area (Å²) in [5.41, 5.74) is 2.46. The topological polar surface area (TPSA) is 75.6 Å². The number of hydrogen-bond donors (Lipinski definition) is 2. The van der Waals surface area contributed by atoms with Gasteiger partial charge in [-0.2, -0.15) is 0 Å². The number of hydrogen-bond acceptors (Lipinski definition) is 5. The van der Waals surface area contributed by atoms with Crippen LogP contribution in [0.15, 0.2) is 54.5 Å². The van der Waals surface area contributed by atoms with Gasteiger partial charge >= 0.3 is 12.0 Å². The summed E-state index contributed by atoms with van der Waals surface area (Å²) in [5, 5.41) is 6.54. The molecule has 0 bridgehead atoms. The molecule has 0 fully saturated rings. The number of allylic oxidation sites excluding steroid dienone is 1. The molecule has 2 heterocycles. The first-order valence-electron chi connectivity index (χ1n) is 8.85. The van der Waals surface area contributed by atoms with Crippen molar-refractivity contribution in [2.45, 2.75) is 12.8 Å². The van der Waals surface area contributed by atoms with Gasteiger partial charge in [0.25, 0.3) is 0 Å². The number of aromatic nitrogens is 1. The molecule has 0 aliphatic carbocycles. The van der Waals surface area contributed by atoms with E-state index >= 15 is 0 Å². The maximum absolute atomic E-state index is 12.6. The summed E-state index contributed by atoms with van der Waals surface area (Å²) in [4.78, 5) is 26.6. The van der Waals surface area contributed by atoms with Crippen molar-refractivity contribution in [3.63, 3.8) is 0 Å². The van der Waals surface area contributed by atoms with Gasteiger partial charge in [-0.1, -0.05) is 24.3 Å². The van der Waals surface area contributed by atoms with Crippen LogP contribution in [0.25, 0.3) is 10.9 Å². The number of rotatable bonds is 6. The number of nitrogens with one attached hydrogen (secondary N) is 2. The minimum Gasteiger partial charge on any atom is -0.441 e. The molecule has 142 valence electrons. The number of dihydropyridines is 1. The van der Waals surface area contributed by atoms with Crippen LogP contribution in [-0.2, 0) is 16.0 Å². The summed E-state index contributed by atoms with van der Waals surface area (Å²) in [6.07, 6.45) is 8.39. The van der Waals surface area contributed by atoms with Gasteiger partial charge in [-0.15, -0.1) is 0 Å². The van der Waals surface area contributed by atoms with Gasteiger partial charge in [0.05, 0.1) is 11.1 Å². The van der Waals surface area contributed by atoms with Crippen molar-refractivity contribution in [2.75, 3.05) is 27.4 Å². The smallest absolute Gasteiger partial charge is 0.337 e. The van der Waals surface area contributed by atoms with Crippen LogP contribution in [0.1, 0.15) is 12.0 Å². The van der Waals surface area contributed by atoms with E-state index in [1.165, 1.54) is 0 Å². The van der Waals surface area contributed by atoms with Crippen molar-refractivity contribution in [1.29, 1.82) is 0 Å². The molecule has 1 aliphatic heterocycles. The zero-order valence-electron chi connectivity index (χ0n) is 15.6. The van der Waals surface area contributed by atoms with Crippen LogP contribution in [0.4, 0.5) is 4.79 Å².